The van der Waals surface area contributed by atoms with Gasteiger partial charge in [-0.05, 0) is 36.4 Å². The van der Waals surface area contributed by atoms with Crippen LogP contribution in [0.15, 0.2) is 103 Å². The number of hydrogen-bond donors (Lipinski definition) is 1. The van der Waals surface area contributed by atoms with E-state index in [4.69, 9.17) is 14.2 Å². The van der Waals surface area contributed by atoms with Gasteiger partial charge < -0.3 is 19.3 Å². The molecule has 4 aromatic carbocycles. The maximum atomic E-state index is 10.6. The summed E-state index contributed by atoms with van der Waals surface area (Å²) in [5.41, 5.74) is 0. The first kappa shape index (κ1) is 17.5. The second-order valence-corrected chi connectivity index (χ2v) is 6.02. The first-order valence-corrected chi connectivity index (χ1v) is 8.84. The molecular weight excluding hydrogens is 352 g/mol. The van der Waals surface area contributed by atoms with Crippen molar-refractivity contribution < 1.29 is 19.3 Å². The maximum absolute atomic E-state index is 10.6. The second-order valence-electron chi connectivity index (χ2n) is 6.02. The van der Waals surface area contributed by atoms with Crippen LogP contribution < -0.4 is 14.2 Å². The number of hydrogen-bond acceptors (Lipinski definition) is 4. The van der Waals surface area contributed by atoms with Crippen LogP contribution in [0.4, 0.5) is 0 Å². The van der Waals surface area contributed by atoms with Gasteiger partial charge in [0.1, 0.15) is 23.0 Å². The molecule has 0 spiro atoms. The molecule has 4 heteroatoms. The zero-order valence-corrected chi connectivity index (χ0v) is 15.0. The van der Waals surface area contributed by atoms with Gasteiger partial charge in [0.05, 0.1) is 0 Å². The van der Waals surface area contributed by atoms with E-state index in [0.29, 0.717) is 28.7 Å². The van der Waals surface area contributed by atoms with Crippen molar-refractivity contribution in [3.8, 4) is 40.2 Å². The fraction of sp³-hybridized carbons (Fsp3) is 0. The number of ether oxygens (including phenoxy) is 3. The molecule has 0 radical (unpaired) electrons. The van der Waals surface area contributed by atoms with Gasteiger partial charge in [0.25, 0.3) is 0 Å². The zero-order valence-electron chi connectivity index (χ0n) is 15.0. The first-order chi connectivity index (χ1) is 13.8. The van der Waals surface area contributed by atoms with Crippen molar-refractivity contribution in [1.29, 1.82) is 0 Å². The summed E-state index contributed by atoms with van der Waals surface area (Å²) in [6, 6.07) is 31.1. The molecule has 0 unspecified atom stereocenters. The lowest BCUT2D eigenvalue weighted by Gasteiger charge is -2.16. The highest BCUT2D eigenvalue weighted by Crippen LogP contribution is 2.45. The lowest BCUT2D eigenvalue weighted by Crippen LogP contribution is -1.93. The van der Waals surface area contributed by atoms with Crippen LogP contribution in [0.2, 0.25) is 0 Å². The van der Waals surface area contributed by atoms with Crippen LogP contribution in [0.3, 0.4) is 0 Å². The fourth-order valence-corrected chi connectivity index (χ4v) is 2.65. The largest absolute Gasteiger partial charge is 0.504 e. The van der Waals surface area contributed by atoms with Crippen molar-refractivity contribution in [2.45, 2.75) is 0 Å². The summed E-state index contributed by atoms with van der Waals surface area (Å²) in [6.45, 7) is 0. The van der Waals surface area contributed by atoms with Gasteiger partial charge in [0.2, 0.25) is 5.75 Å². The molecule has 0 aliphatic heterocycles. The zero-order chi connectivity index (χ0) is 19.2. The minimum Gasteiger partial charge on any atom is -0.504 e. The Morgan fingerprint density at radius 3 is 1.46 bits per heavy atom. The third-order valence-electron chi connectivity index (χ3n) is 3.92. The summed E-state index contributed by atoms with van der Waals surface area (Å²) in [5.74, 6) is 2.79. The molecule has 0 heterocycles. The molecule has 0 aromatic heterocycles. The molecule has 4 rings (SSSR count). The maximum Gasteiger partial charge on any atom is 0.211 e. The molecule has 0 atom stereocenters. The molecule has 0 amide bonds. The van der Waals surface area contributed by atoms with Crippen LogP contribution in [0, 0.1) is 0 Å². The van der Waals surface area contributed by atoms with Crippen LogP contribution in [0.5, 0.6) is 40.2 Å². The van der Waals surface area contributed by atoms with Crippen molar-refractivity contribution in [2.75, 3.05) is 0 Å². The predicted molar refractivity (Wildman–Crippen MR) is 108 cm³/mol. The Balaban J connectivity index is 1.71. The third kappa shape index (κ3) is 4.24. The molecule has 0 aliphatic carbocycles. The van der Waals surface area contributed by atoms with Gasteiger partial charge in [-0.25, -0.2) is 0 Å². The van der Waals surface area contributed by atoms with Gasteiger partial charge in [0, 0.05) is 12.1 Å². The Kier molecular flexibility index (Phi) is 5.11. The molecule has 0 aliphatic rings. The van der Waals surface area contributed by atoms with Crippen molar-refractivity contribution in [1.82, 2.24) is 0 Å². The van der Waals surface area contributed by atoms with E-state index in [1.807, 2.05) is 78.9 Å². The average molecular weight is 370 g/mol. The molecule has 4 nitrogen and oxygen atoms in total. The van der Waals surface area contributed by atoms with Gasteiger partial charge in [-0.2, -0.15) is 0 Å². The fourth-order valence-electron chi connectivity index (χ4n) is 2.65. The van der Waals surface area contributed by atoms with Crippen molar-refractivity contribution in [3.05, 3.63) is 103 Å². The van der Waals surface area contributed by atoms with E-state index in [9.17, 15) is 5.11 Å². The Bertz CT molecular complexity index is 1030. The third-order valence-corrected chi connectivity index (χ3v) is 3.92. The molecule has 0 saturated heterocycles. The molecule has 0 saturated carbocycles. The van der Waals surface area contributed by atoms with Crippen LogP contribution >= 0.6 is 0 Å². The van der Waals surface area contributed by atoms with E-state index < -0.39 is 0 Å². The summed E-state index contributed by atoms with van der Waals surface area (Å²) in [7, 11) is 0. The van der Waals surface area contributed by atoms with Crippen LogP contribution in [-0.4, -0.2) is 5.11 Å². The summed E-state index contributed by atoms with van der Waals surface area (Å²) >= 11 is 0. The monoisotopic (exact) mass is 370 g/mol. The van der Waals surface area contributed by atoms with Gasteiger partial charge in [-0.15, -0.1) is 0 Å². The molecule has 1 N–H and O–H groups in total. The Labute approximate surface area is 163 Å². The Morgan fingerprint density at radius 1 is 0.464 bits per heavy atom. The number of para-hydroxylation sites is 3. The predicted octanol–water partition coefficient (Wildman–Crippen LogP) is 6.77. The number of aromatic hydroxyl groups is 1. The van der Waals surface area contributed by atoms with E-state index in [1.54, 1.807) is 18.2 Å². The first-order valence-electron chi connectivity index (χ1n) is 8.84. The standard InChI is InChI=1S/C24H18O4/c25-22-16-21(26-18-10-4-1-5-11-18)17-23(27-19-12-6-2-7-13-19)24(22)28-20-14-8-3-9-15-20/h1-17,25H. The highest BCUT2D eigenvalue weighted by molar-refractivity contribution is 5.58. The Hall–Kier alpha value is -3.92. The minimum absolute atomic E-state index is 0.0804. The lowest BCUT2D eigenvalue weighted by atomic mass is 10.2. The lowest BCUT2D eigenvalue weighted by molar-refractivity contribution is 0.375. The number of phenolic OH excluding ortho intramolecular Hbond substituents is 1. The van der Waals surface area contributed by atoms with E-state index in [2.05, 4.69) is 0 Å². The topological polar surface area (TPSA) is 47.9 Å². The molecule has 4 aromatic rings. The van der Waals surface area contributed by atoms with Crippen molar-refractivity contribution in [3.63, 3.8) is 0 Å². The molecule has 138 valence electrons. The van der Waals surface area contributed by atoms with Crippen LogP contribution in [0.25, 0.3) is 0 Å². The van der Waals surface area contributed by atoms with Crippen LogP contribution in [0.1, 0.15) is 0 Å². The molecule has 0 bridgehead atoms. The van der Waals surface area contributed by atoms with Crippen LogP contribution in [-0.2, 0) is 0 Å². The normalized spacial score (nSPS) is 10.3. The molecule has 0 fully saturated rings. The van der Waals surface area contributed by atoms with Gasteiger partial charge in [-0.3, -0.25) is 0 Å². The second kappa shape index (κ2) is 8.18. The highest BCUT2D eigenvalue weighted by Gasteiger charge is 2.17. The summed E-state index contributed by atoms with van der Waals surface area (Å²) in [4.78, 5) is 0. The van der Waals surface area contributed by atoms with Crippen molar-refractivity contribution >= 4 is 0 Å². The van der Waals surface area contributed by atoms with E-state index in [1.165, 1.54) is 6.07 Å². The van der Waals surface area contributed by atoms with E-state index in [0.717, 1.165) is 0 Å². The quantitative estimate of drug-likeness (QED) is 0.407. The van der Waals surface area contributed by atoms with E-state index >= 15 is 0 Å². The van der Waals surface area contributed by atoms with E-state index in [-0.39, 0.29) is 11.5 Å². The average Bonchev–Trinajstić information content (AvgIpc) is 2.73. The van der Waals surface area contributed by atoms with Crippen molar-refractivity contribution in [2.24, 2.45) is 0 Å². The summed E-state index contributed by atoms with van der Waals surface area (Å²) in [5, 5.41) is 10.6. The SMILES string of the molecule is Oc1cc(Oc2ccccc2)cc(Oc2ccccc2)c1Oc1ccccc1. The van der Waals surface area contributed by atoms with Gasteiger partial charge in [-0.1, -0.05) is 54.6 Å². The molecular formula is C24H18O4. The molecule has 28 heavy (non-hydrogen) atoms. The summed E-state index contributed by atoms with van der Waals surface area (Å²) in [6.07, 6.45) is 0. The minimum atomic E-state index is -0.0804. The smallest absolute Gasteiger partial charge is 0.211 e. The summed E-state index contributed by atoms with van der Waals surface area (Å²) < 4.78 is 17.7. The highest BCUT2D eigenvalue weighted by atomic mass is 16.5. The number of phenols is 1. The number of benzene rings is 4. The van der Waals surface area contributed by atoms with Gasteiger partial charge >= 0.3 is 0 Å². The van der Waals surface area contributed by atoms with Gasteiger partial charge in [0.15, 0.2) is 11.5 Å². The Morgan fingerprint density at radius 2 is 0.929 bits per heavy atom. The number of rotatable bonds is 6.